The van der Waals surface area contributed by atoms with Crippen LogP contribution >= 0.6 is 22.6 Å². The lowest BCUT2D eigenvalue weighted by Gasteiger charge is -2.11. The van der Waals surface area contributed by atoms with Crippen LogP contribution in [-0.2, 0) is 0 Å². The zero-order chi connectivity index (χ0) is 15.2. The number of ether oxygens (including phenoxy) is 2. The number of halogens is 1. The second kappa shape index (κ2) is 7.31. The van der Waals surface area contributed by atoms with Gasteiger partial charge in [-0.15, -0.1) is 0 Å². The molecule has 2 rings (SSSR count). The van der Waals surface area contributed by atoms with Crippen LogP contribution in [0.15, 0.2) is 42.5 Å². The van der Waals surface area contributed by atoms with Gasteiger partial charge in [0.25, 0.3) is 5.91 Å². The Balaban J connectivity index is 2.21. The third-order valence-corrected chi connectivity index (χ3v) is 3.79. The molecule has 0 saturated heterocycles. The van der Waals surface area contributed by atoms with Crippen LogP contribution in [0.4, 0.5) is 5.69 Å². The van der Waals surface area contributed by atoms with Crippen LogP contribution in [0.5, 0.6) is 11.5 Å². The first-order chi connectivity index (χ1) is 10.2. The lowest BCUT2D eigenvalue weighted by atomic mass is 10.2. The maximum Gasteiger partial charge on any atom is 0.255 e. The number of para-hydroxylation sites is 1. The highest BCUT2D eigenvalue weighted by Gasteiger charge is 2.12. The van der Waals surface area contributed by atoms with Gasteiger partial charge in [-0.05, 0) is 59.8 Å². The van der Waals surface area contributed by atoms with Gasteiger partial charge in [0.15, 0.2) is 11.5 Å². The smallest absolute Gasteiger partial charge is 0.255 e. The summed E-state index contributed by atoms with van der Waals surface area (Å²) in [7, 11) is 1.56. The first-order valence-electron chi connectivity index (χ1n) is 6.52. The molecule has 0 unspecified atom stereocenters. The maximum absolute atomic E-state index is 12.3. The van der Waals surface area contributed by atoms with Gasteiger partial charge in [-0.25, -0.2) is 0 Å². The van der Waals surface area contributed by atoms with E-state index in [0.717, 1.165) is 9.26 Å². The zero-order valence-electron chi connectivity index (χ0n) is 11.9. The van der Waals surface area contributed by atoms with E-state index in [0.29, 0.717) is 23.7 Å². The van der Waals surface area contributed by atoms with E-state index in [1.54, 1.807) is 25.3 Å². The molecule has 0 radical (unpaired) electrons. The summed E-state index contributed by atoms with van der Waals surface area (Å²) in [5, 5.41) is 2.89. The summed E-state index contributed by atoms with van der Waals surface area (Å²) >= 11 is 2.18. The molecule has 0 fully saturated rings. The van der Waals surface area contributed by atoms with Gasteiger partial charge in [0, 0.05) is 9.13 Å². The topological polar surface area (TPSA) is 47.6 Å². The normalized spacial score (nSPS) is 10.0. The minimum atomic E-state index is -0.180. The van der Waals surface area contributed by atoms with Crippen molar-refractivity contribution >= 4 is 34.2 Å². The standard InChI is InChI=1S/C16H16INO3/c1-3-21-14-9-8-11(10-15(14)20-2)16(19)18-13-7-5-4-6-12(13)17/h4-10H,3H2,1-2H3,(H,18,19). The number of hydrogen-bond acceptors (Lipinski definition) is 3. The van der Waals surface area contributed by atoms with Crippen molar-refractivity contribution < 1.29 is 14.3 Å². The molecule has 0 aromatic heterocycles. The maximum atomic E-state index is 12.3. The predicted octanol–water partition coefficient (Wildman–Crippen LogP) is 3.95. The molecule has 0 atom stereocenters. The van der Waals surface area contributed by atoms with Crippen molar-refractivity contribution in [3.8, 4) is 11.5 Å². The number of hydrogen-bond donors (Lipinski definition) is 1. The third kappa shape index (κ3) is 3.87. The van der Waals surface area contributed by atoms with Crippen molar-refractivity contribution in [1.29, 1.82) is 0 Å². The summed E-state index contributed by atoms with van der Waals surface area (Å²) in [6.45, 7) is 2.45. The molecule has 0 aliphatic rings. The molecule has 0 spiro atoms. The number of anilines is 1. The number of amides is 1. The minimum Gasteiger partial charge on any atom is -0.493 e. The highest BCUT2D eigenvalue weighted by atomic mass is 127. The molecule has 1 N–H and O–H groups in total. The van der Waals surface area contributed by atoms with E-state index >= 15 is 0 Å². The van der Waals surface area contributed by atoms with Crippen LogP contribution in [0.1, 0.15) is 17.3 Å². The van der Waals surface area contributed by atoms with Gasteiger partial charge < -0.3 is 14.8 Å². The van der Waals surface area contributed by atoms with Gasteiger partial charge in [0.2, 0.25) is 0 Å². The van der Waals surface area contributed by atoms with Crippen molar-refractivity contribution in [3.63, 3.8) is 0 Å². The second-order valence-electron chi connectivity index (χ2n) is 4.23. The summed E-state index contributed by atoms with van der Waals surface area (Å²) in [5.74, 6) is 0.999. The Morgan fingerprint density at radius 1 is 1.19 bits per heavy atom. The molecule has 2 aromatic carbocycles. The number of carbonyl (C=O) groups excluding carboxylic acids is 1. The van der Waals surface area contributed by atoms with Crippen LogP contribution < -0.4 is 14.8 Å². The molecule has 2 aromatic rings. The van der Waals surface area contributed by atoms with Gasteiger partial charge in [-0.1, -0.05) is 12.1 Å². The number of benzene rings is 2. The van der Waals surface area contributed by atoms with Gasteiger partial charge in [0.05, 0.1) is 19.4 Å². The average Bonchev–Trinajstić information content (AvgIpc) is 2.50. The first kappa shape index (κ1) is 15.6. The molecular weight excluding hydrogens is 381 g/mol. The SMILES string of the molecule is CCOc1ccc(C(=O)Nc2ccccc2I)cc1OC. The zero-order valence-corrected chi connectivity index (χ0v) is 14.0. The molecule has 0 heterocycles. The lowest BCUT2D eigenvalue weighted by molar-refractivity contribution is 0.102. The van der Waals surface area contributed by atoms with Gasteiger partial charge in [-0.2, -0.15) is 0 Å². The van der Waals surface area contributed by atoms with Gasteiger partial charge in [0.1, 0.15) is 0 Å². The molecule has 1 amide bonds. The van der Waals surface area contributed by atoms with Gasteiger partial charge in [-0.3, -0.25) is 4.79 Å². The Morgan fingerprint density at radius 2 is 1.95 bits per heavy atom. The van der Waals surface area contributed by atoms with Gasteiger partial charge >= 0.3 is 0 Å². The molecular formula is C16H16INO3. The van der Waals surface area contributed by atoms with Crippen LogP contribution in [0.25, 0.3) is 0 Å². The summed E-state index contributed by atoms with van der Waals surface area (Å²) < 4.78 is 11.7. The molecule has 0 aliphatic carbocycles. The van der Waals surface area contributed by atoms with Crippen molar-refractivity contribution in [3.05, 3.63) is 51.6 Å². The second-order valence-corrected chi connectivity index (χ2v) is 5.39. The van der Waals surface area contributed by atoms with Crippen LogP contribution in [-0.4, -0.2) is 19.6 Å². The van der Waals surface area contributed by atoms with Crippen molar-refractivity contribution in [1.82, 2.24) is 0 Å². The Bertz CT molecular complexity index is 643. The van der Waals surface area contributed by atoms with Crippen LogP contribution in [0, 0.1) is 3.57 Å². The van der Waals surface area contributed by atoms with E-state index in [2.05, 4.69) is 27.9 Å². The third-order valence-electron chi connectivity index (χ3n) is 2.85. The van der Waals surface area contributed by atoms with E-state index < -0.39 is 0 Å². The quantitative estimate of drug-likeness (QED) is 0.778. The van der Waals surface area contributed by atoms with Crippen molar-refractivity contribution in [2.24, 2.45) is 0 Å². The molecule has 4 nitrogen and oxygen atoms in total. The number of methoxy groups -OCH3 is 1. The molecule has 5 heteroatoms. The van der Waals surface area contributed by atoms with E-state index in [-0.39, 0.29) is 5.91 Å². The Kier molecular flexibility index (Phi) is 5.44. The van der Waals surface area contributed by atoms with Crippen molar-refractivity contribution in [2.45, 2.75) is 6.92 Å². The number of rotatable bonds is 5. The van der Waals surface area contributed by atoms with Crippen LogP contribution in [0.3, 0.4) is 0 Å². The summed E-state index contributed by atoms with van der Waals surface area (Å²) in [6.07, 6.45) is 0. The minimum absolute atomic E-state index is 0.180. The molecule has 0 saturated carbocycles. The Labute approximate surface area is 137 Å². The predicted molar refractivity (Wildman–Crippen MR) is 91.3 cm³/mol. The summed E-state index contributed by atoms with van der Waals surface area (Å²) in [5.41, 5.74) is 1.31. The molecule has 0 bridgehead atoms. The van der Waals surface area contributed by atoms with E-state index in [4.69, 9.17) is 9.47 Å². The first-order valence-corrected chi connectivity index (χ1v) is 7.60. The number of carbonyl (C=O) groups is 1. The van der Waals surface area contributed by atoms with Crippen LogP contribution in [0.2, 0.25) is 0 Å². The fraction of sp³-hybridized carbons (Fsp3) is 0.188. The monoisotopic (exact) mass is 397 g/mol. The van der Waals surface area contributed by atoms with E-state index in [1.165, 1.54) is 0 Å². The number of nitrogens with one attached hydrogen (secondary N) is 1. The highest BCUT2D eigenvalue weighted by Crippen LogP contribution is 2.28. The fourth-order valence-corrected chi connectivity index (χ4v) is 2.36. The highest BCUT2D eigenvalue weighted by molar-refractivity contribution is 14.1. The fourth-order valence-electron chi connectivity index (χ4n) is 1.84. The Hall–Kier alpha value is -1.76. The summed E-state index contributed by atoms with van der Waals surface area (Å²) in [6, 6.07) is 12.8. The lowest BCUT2D eigenvalue weighted by Crippen LogP contribution is -2.13. The van der Waals surface area contributed by atoms with E-state index in [1.807, 2.05) is 31.2 Å². The Morgan fingerprint density at radius 3 is 2.62 bits per heavy atom. The van der Waals surface area contributed by atoms with Crippen molar-refractivity contribution in [2.75, 3.05) is 19.0 Å². The average molecular weight is 397 g/mol. The molecule has 0 aliphatic heterocycles. The van der Waals surface area contributed by atoms with E-state index in [9.17, 15) is 4.79 Å². The largest absolute Gasteiger partial charge is 0.493 e. The summed E-state index contributed by atoms with van der Waals surface area (Å²) in [4.78, 5) is 12.3. The molecule has 21 heavy (non-hydrogen) atoms. The molecule has 110 valence electrons.